The average Bonchev–Trinajstić information content (AvgIpc) is 2.49. The van der Waals surface area contributed by atoms with E-state index in [0.29, 0.717) is 6.61 Å². The molecule has 66 valence electrons. The summed E-state index contributed by atoms with van der Waals surface area (Å²) in [6.07, 6.45) is 4.57. The number of aliphatic hydroxyl groups excluding tert-OH is 1. The second-order valence-corrected chi connectivity index (χ2v) is 4.39. The van der Waals surface area contributed by atoms with Crippen LogP contribution in [0.1, 0.15) is 25.0 Å². The van der Waals surface area contributed by atoms with Crippen LogP contribution in [0.3, 0.4) is 0 Å². The highest BCUT2D eigenvalue weighted by Gasteiger charge is 2.36. The molecule has 1 N–H and O–H groups in total. The maximum Gasteiger partial charge on any atom is 0.0794 e. The van der Waals surface area contributed by atoms with Gasteiger partial charge in [0.2, 0.25) is 0 Å². The molecule has 1 fully saturated rings. The maximum absolute atomic E-state index is 9.21. The Morgan fingerprint density at radius 3 is 2.83 bits per heavy atom. The van der Waals surface area contributed by atoms with Gasteiger partial charge < -0.3 is 5.11 Å². The van der Waals surface area contributed by atoms with Gasteiger partial charge in [0, 0.05) is 12.0 Å². The van der Waals surface area contributed by atoms with Crippen LogP contribution in [-0.4, -0.2) is 16.7 Å². The standard InChI is InChI=1S/C9H13NOS/c11-6-9(2-1-3-9)4-8-5-12-7-10-8/h5,7,11H,1-4,6H2. The summed E-state index contributed by atoms with van der Waals surface area (Å²) in [6.45, 7) is 0.324. The minimum Gasteiger partial charge on any atom is -0.396 e. The highest BCUT2D eigenvalue weighted by Crippen LogP contribution is 2.42. The van der Waals surface area contributed by atoms with Gasteiger partial charge in [0.05, 0.1) is 11.2 Å². The van der Waals surface area contributed by atoms with Gasteiger partial charge in [-0.2, -0.15) is 0 Å². The monoisotopic (exact) mass is 183 g/mol. The molecular weight excluding hydrogens is 170 g/mol. The first-order chi connectivity index (χ1) is 5.85. The lowest BCUT2D eigenvalue weighted by molar-refractivity contribution is 0.0442. The van der Waals surface area contributed by atoms with Crippen molar-refractivity contribution in [1.82, 2.24) is 4.98 Å². The Labute approximate surface area is 76.3 Å². The number of thiazole rings is 1. The summed E-state index contributed by atoms with van der Waals surface area (Å²) in [7, 11) is 0. The zero-order valence-electron chi connectivity index (χ0n) is 6.99. The first-order valence-corrected chi connectivity index (χ1v) is 5.27. The van der Waals surface area contributed by atoms with Crippen LogP contribution in [0.25, 0.3) is 0 Å². The molecule has 1 aromatic rings. The molecule has 2 nitrogen and oxygen atoms in total. The summed E-state index contributed by atoms with van der Waals surface area (Å²) in [5.74, 6) is 0. The van der Waals surface area contributed by atoms with E-state index in [4.69, 9.17) is 0 Å². The molecule has 0 bridgehead atoms. The summed E-state index contributed by atoms with van der Waals surface area (Å²) >= 11 is 1.63. The van der Waals surface area contributed by atoms with Gasteiger partial charge in [-0.1, -0.05) is 6.42 Å². The molecule has 0 radical (unpaired) electrons. The van der Waals surface area contributed by atoms with Gasteiger partial charge >= 0.3 is 0 Å². The molecule has 0 spiro atoms. The molecule has 0 saturated heterocycles. The normalized spacial score (nSPS) is 20.4. The SMILES string of the molecule is OCC1(Cc2cscn2)CCC1. The minimum atomic E-state index is 0.189. The van der Waals surface area contributed by atoms with Crippen LogP contribution in [0, 0.1) is 5.41 Å². The average molecular weight is 183 g/mol. The summed E-state index contributed by atoms with van der Waals surface area (Å²) in [5, 5.41) is 11.3. The highest BCUT2D eigenvalue weighted by atomic mass is 32.1. The first kappa shape index (κ1) is 8.20. The van der Waals surface area contributed by atoms with E-state index in [1.54, 1.807) is 11.3 Å². The predicted molar refractivity (Wildman–Crippen MR) is 49.2 cm³/mol. The van der Waals surface area contributed by atoms with Crippen molar-refractivity contribution >= 4 is 11.3 Å². The fourth-order valence-electron chi connectivity index (χ4n) is 1.78. The number of hydrogen-bond acceptors (Lipinski definition) is 3. The lowest BCUT2D eigenvalue weighted by Gasteiger charge is -2.39. The number of aromatic nitrogens is 1. The van der Waals surface area contributed by atoms with Crippen molar-refractivity contribution < 1.29 is 5.11 Å². The van der Waals surface area contributed by atoms with Crippen molar-refractivity contribution in [2.45, 2.75) is 25.7 Å². The largest absolute Gasteiger partial charge is 0.396 e. The van der Waals surface area contributed by atoms with Crippen LogP contribution >= 0.6 is 11.3 Å². The van der Waals surface area contributed by atoms with E-state index in [2.05, 4.69) is 10.4 Å². The minimum absolute atomic E-state index is 0.189. The van der Waals surface area contributed by atoms with Gasteiger partial charge in [-0.25, -0.2) is 4.98 Å². The second kappa shape index (κ2) is 3.15. The van der Waals surface area contributed by atoms with E-state index >= 15 is 0 Å². The quantitative estimate of drug-likeness (QED) is 0.775. The summed E-state index contributed by atoms with van der Waals surface area (Å²) < 4.78 is 0. The molecule has 1 saturated carbocycles. The predicted octanol–water partition coefficient (Wildman–Crippen LogP) is 1.85. The first-order valence-electron chi connectivity index (χ1n) is 4.33. The zero-order chi connectivity index (χ0) is 8.44. The van der Waals surface area contributed by atoms with Crippen LogP contribution in [0.5, 0.6) is 0 Å². The van der Waals surface area contributed by atoms with Crippen LogP contribution in [0.15, 0.2) is 10.9 Å². The smallest absolute Gasteiger partial charge is 0.0794 e. The van der Waals surface area contributed by atoms with Crippen LogP contribution in [-0.2, 0) is 6.42 Å². The van der Waals surface area contributed by atoms with Crippen LogP contribution < -0.4 is 0 Å². The van der Waals surface area contributed by atoms with Crippen molar-refractivity contribution in [1.29, 1.82) is 0 Å². The summed E-state index contributed by atoms with van der Waals surface area (Å²) in [6, 6.07) is 0. The lowest BCUT2D eigenvalue weighted by atomic mass is 9.67. The molecule has 0 unspecified atom stereocenters. The Hall–Kier alpha value is -0.410. The fraction of sp³-hybridized carbons (Fsp3) is 0.667. The molecule has 12 heavy (non-hydrogen) atoms. The van der Waals surface area contributed by atoms with Crippen molar-refractivity contribution in [3.8, 4) is 0 Å². The Bertz CT molecular complexity index is 236. The van der Waals surface area contributed by atoms with Crippen LogP contribution in [0.2, 0.25) is 0 Å². The maximum atomic E-state index is 9.21. The van der Waals surface area contributed by atoms with Gasteiger partial charge in [0.25, 0.3) is 0 Å². The Morgan fingerprint density at radius 2 is 2.42 bits per heavy atom. The number of rotatable bonds is 3. The van der Waals surface area contributed by atoms with E-state index in [1.807, 2.05) is 5.51 Å². The molecule has 1 aliphatic carbocycles. The third kappa shape index (κ3) is 1.39. The van der Waals surface area contributed by atoms with Gasteiger partial charge in [-0.15, -0.1) is 11.3 Å². The Balaban J connectivity index is 2.01. The molecular formula is C9H13NOS. The highest BCUT2D eigenvalue weighted by molar-refractivity contribution is 7.07. The molecule has 2 rings (SSSR count). The molecule has 0 amide bonds. The summed E-state index contributed by atoms with van der Waals surface area (Å²) in [5.41, 5.74) is 3.20. The molecule has 0 aromatic carbocycles. The molecule has 1 heterocycles. The van der Waals surface area contributed by atoms with Gasteiger partial charge in [0.1, 0.15) is 0 Å². The van der Waals surface area contributed by atoms with Crippen molar-refractivity contribution in [3.63, 3.8) is 0 Å². The molecule has 3 heteroatoms. The fourth-order valence-corrected chi connectivity index (χ4v) is 2.34. The van der Waals surface area contributed by atoms with E-state index in [-0.39, 0.29) is 5.41 Å². The number of aliphatic hydroxyl groups is 1. The van der Waals surface area contributed by atoms with Crippen LogP contribution in [0.4, 0.5) is 0 Å². The molecule has 1 aromatic heterocycles. The lowest BCUT2D eigenvalue weighted by Crippen LogP contribution is -2.35. The number of hydrogen-bond donors (Lipinski definition) is 1. The van der Waals surface area contributed by atoms with E-state index in [0.717, 1.165) is 12.1 Å². The third-order valence-electron chi connectivity index (χ3n) is 2.79. The van der Waals surface area contributed by atoms with Crippen molar-refractivity contribution in [2.24, 2.45) is 5.41 Å². The third-order valence-corrected chi connectivity index (χ3v) is 3.42. The van der Waals surface area contributed by atoms with Crippen molar-refractivity contribution in [3.05, 3.63) is 16.6 Å². The van der Waals surface area contributed by atoms with Gasteiger partial charge in [-0.05, 0) is 24.7 Å². The van der Waals surface area contributed by atoms with E-state index in [9.17, 15) is 5.11 Å². The second-order valence-electron chi connectivity index (χ2n) is 3.67. The zero-order valence-corrected chi connectivity index (χ0v) is 7.81. The van der Waals surface area contributed by atoms with E-state index in [1.165, 1.54) is 19.3 Å². The summed E-state index contributed by atoms with van der Waals surface area (Å²) in [4.78, 5) is 4.24. The van der Waals surface area contributed by atoms with Crippen molar-refractivity contribution in [2.75, 3.05) is 6.61 Å². The topological polar surface area (TPSA) is 33.1 Å². The Kier molecular flexibility index (Phi) is 2.15. The van der Waals surface area contributed by atoms with Gasteiger partial charge in [0.15, 0.2) is 0 Å². The molecule has 0 aliphatic heterocycles. The Morgan fingerprint density at radius 1 is 1.58 bits per heavy atom. The number of nitrogens with zero attached hydrogens (tertiary/aromatic N) is 1. The molecule has 0 atom stereocenters. The van der Waals surface area contributed by atoms with Gasteiger partial charge in [-0.3, -0.25) is 0 Å². The molecule has 1 aliphatic rings. The van der Waals surface area contributed by atoms with E-state index < -0.39 is 0 Å².